The van der Waals surface area contributed by atoms with Gasteiger partial charge in [0.25, 0.3) is 0 Å². The summed E-state index contributed by atoms with van der Waals surface area (Å²) >= 11 is 0. The fourth-order valence-electron chi connectivity index (χ4n) is 2.18. The molecule has 1 aromatic rings. The summed E-state index contributed by atoms with van der Waals surface area (Å²) in [6.07, 6.45) is 1.74. The van der Waals surface area contributed by atoms with Crippen LogP contribution in [0.2, 0.25) is 0 Å². The van der Waals surface area contributed by atoms with Crippen molar-refractivity contribution in [3.05, 3.63) is 34.6 Å². The van der Waals surface area contributed by atoms with Crippen molar-refractivity contribution in [3.63, 3.8) is 0 Å². The molecule has 0 radical (unpaired) electrons. The maximum absolute atomic E-state index is 13.5. The van der Waals surface area contributed by atoms with E-state index in [2.05, 4.69) is 5.32 Å². The van der Waals surface area contributed by atoms with Crippen molar-refractivity contribution in [1.82, 2.24) is 5.32 Å². The standard InChI is InChI=1S/C14H19FN2O/c1-9-5-11(6-10(2)12(9)15)7-17-13(18)14(8-16)3-4-14/h5-6H,3-4,7-8,16H2,1-2H3,(H,17,18). The lowest BCUT2D eigenvalue weighted by atomic mass is 10.0. The third kappa shape index (κ3) is 2.38. The van der Waals surface area contributed by atoms with Gasteiger partial charge in [0, 0.05) is 13.1 Å². The summed E-state index contributed by atoms with van der Waals surface area (Å²) in [7, 11) is 0. The molecule has 0 atom stereocenters. The highest BCUT2D eigenvalue weighted by molar-refractivity contribution is 5.85. The first kappa shape index (κ1) is 13.0. The largest absolute Gasteiger partial charge is 0.352 e. The van der Waals surface area contributed by atoms with Crippen molar-refractivity contribution in [3.8, 4) is 0 Å². The van der Waals surface area contributed by atoms with Gasteiger partial charge in [0.2, 0.25) is 5.91 Å². The van der Waals surface area contributed by atoms with Crippen molar-refractivity contribution < 1.29 is 9.18 Å². The lowest BCUT2D eigenvalue weighted by molar-refractivity contribution is -0.126. The van der Waals surface area contributed by atoms with Gasteiger partial charge in [0.05, 0.1) is 5.41 Å². The van der Waals surface area contributed by atoms with Crippen LogP contribution >= 0.6 is 0 Å². The minimum Gasteiger partial charge on any atom is -0.352 e. The van der Waals surface area contributed by atoms with Crippen LogP contribution in [0.1, 0.15) is 29.5 Å². The van der Waals surface area contributed by atoms with Gasteiger partial charge in [-0.15, -0.1) is 0 Å². The van der Waals surface area contributed by atoms with E-state index in [-0.39, 0.29) is 17.1 Å². The topological polar surface area (TPSA) is 55.1 Å². The fraction of sp³-hybridized carbons (Fsp3) is 0.500. The predicted octanol–water partition coefficient (Wildman–Crippen LogP) is 1.80. The fourth-order valence-corrected chi connectivity index (χ4v) is 2.18. The van der Waals surface area contributed by atoms with Crippen LogP contribution in [-0.4, -0.2) is 12.5 Å². The van der Waals surface area contributed by atoms with Crippen LogP contribution in [0.4, 0.5) is 4.39 Å². The van der Waals surface area contributed by atoms with E-state index in [1.807, 2.05) is 0 Å². The van der Waals surface area contributed by atoms with Crippen LogP contribution in [0.5, 0.6) is 0 Å². The number of carbonyl (C=O) groups excluding carboxylic acids is 1. The minimum absolute atomic E-state index is 0.0182. The molecule has 0 unspecified atom stereocenters. The number of hydrogen-bond acceptors (Lipinski definition) is 2. The predicted molar refractivity (Wildman–Crippen MR) is 68.4 cm³/mol. The Morgan fingerprint density at radius 1 is 1.39 bits per heavy atom. The summed E-state index contributed by atoms with van der Waals surface area (Å²) in [5.41, 5.74) is 7.41. The van der Waals surface area contributed by atoms with E-state index < -0.39 is 0 Å². The van der Waals surface area contributed by atoms with Crippen molar-refractivity contribution in [2.45, 2.75) is 33.2 Å². The summed E-state index contributed by atoms with van der Waals surface area (Å²) in [4.78, 5) is 11.9. The molecule has 18 heavy (non-hydrogen) atoms. The van der Waals surface area contributed by atoms with E-state index in [0.717, 1.165) is 18.4 Å². The molecular weight excluding hydrogens is 231 g/mol. The van der Waals surface area contributed by atoms with Gasteiger partial charge >= 0.3 is 0 Å². The van der Waals surface area contributed by atoms with E-state index in [1.165, 1.54) is 0 Å². The zero-order valence-corrected chi connectivity index (χ0v) is 10.8. The highest BCUT2D eigenvalue weighted by atomic mass is 19.1. The van der Waals surface area contributed by atoms with E-state index >= 15 is 0 Å². The van der Waals surface area contributed by atoms with E-state index in [4.69, 9.17) is 5.73 Å². The number of rotatable bonds is 4. The van der Waals surface area contributed by atoms with Gasteiger partial charge in [-0.25, -0.2) is 4.39 Å². The van der Waals surface area contributed by atoms with Gasteiger partial charge in [-0.3, -0.25) is 4.79 Å². The highest BCUT2D eigenvalue weighted by Gasteiger charge is 2.48. The zero-order valence-electron chi connectivity index (χ0n) is 10.8. The smallest absolute Gasteiger partial charge is 0.227 e. The molecule has 98 valence electrons. The second-order valence-electron chi connectivity index (χ2n) is 5.21. The molecule has 0 aliphatic heterocycles. The normalized spacial score (nSPS) is 16.4. The molecule has 1 fully saturated rings. The summed E-state index contributed by atoms with van der Waals surface area (Å²) in [6, 6.07) is 3.54. The molecule has 0 saturated heterocycles. The van der Waals surface area contributed by atoms with Crippen molar-refractivity contribution in [1.29, 1.82) is 0 Å². The summed E-state index contributed by atoms with van der Waals surface area (Å²) in [6.45, 7) is 4.30. The number of amides is 1. The molecule has 0 heterocycles. The molecule has 0 spiro atoms. The second kappa shape index (κ2) is 4.69. The van der Waals surface area contributed by atoms with Crippen LogP contribution in [0.25, 0.3) is 0 Å². The van der Waals surface area contributed by atoms with Crippen molar-refractivity contribution >= 4 is 5.91 Å². The van der Waals surface area contributed by atoms with Crippen LogP contribution in [0.3, 0.4) is 0 Å². The Bertz CT molecular complexity index is 458. The first-order valence-electron chi connectivity index (χ1n) is 6.22. The maximum Gasteiger partial charge on any atom is 0.227 e. The second-order valence-corrected chi connectivity index (χ2v) is 5.21. The lowest BCUT2D eigenvalue weighted by Gasteiger charge is -2.13. The molecule has 1 aromatic carbocycles. The van der Waals surface area contributed by atoms with Gasteiger partial charge in [-0.1, -0.05) is 12.1 Å². The molecular formula is C14H19FN2O. The Morgan fingerprint density at radius 3 is 2.39 bits per heavy atom. The number of halogens is 1. The van der Waals surface area contributed by atoms with Crippen molar-refractivity contribution in [2.75, 3.05) is 6.54 Å². The number of carbonyl (C=O) groups is 1. The van der Waals surface area contributed by atoms with Crippen LogP contribution in [0, 0.1) is 25.1 Å². The molecule has 3 N–H and O–H groups in total. The third-order valence-electron chi connectivity index (χ3n) is 3.68. The molecule has 1 aliphatic rings. The molecule has 0 aromatic heterocycles. The molecule has 0 bridgehead atoms. The number of aryl methyl sites for hydroxylation is 2. The Hall–Kier alpha value is -1.42. The number of benzene rings is 1. The van der Waals surface area contributed by atoms with Crippen LogP contribution in [0.15, 0.2) is 12.1 Å². The monoisotopic (exact) mass is 250 g/mol. The van der Waals surface area contributed by atoms with Gasteiger partial charge in [0.15, 0.2) is 0 Å². The van der Waals surface area contributed by atoms with E-state index in [0.29, 0.717) is 24.2 Å². The van der Waals surface area contributed by atoms with Crippen LogP contribution < -0.4 is 11.1 Å². The average Bonchev–Trinajstić information content (AvgIpc) is 3.13. The molecule has 1 amide bonds. The van der Waals surface area contributed by atoms with Crippen LogP contribution in [-0.2, 0) is 11.3 Å². The zero-order chi connectivity index (χ0) is 13.3. The minimum atomic E-state index is -0.329. The molecule has 1 saturated carbocycles. The quantitative estimate of drug-likeness (QED) is 0.856. The first-order valence-corrected chi connectivity index (χ1v) is 6.22. The molecule has 4 heteroatoms. The van der Waals surface area contributed by atoms with Gasteiger partial charge in [-0.05, 0) is 43.4 Å². The number of hydrogen-bond donors (Lipinski definition) is 2. The Balaban J connectivity index is 2.01. The van der Waals surface area contributed by atoms with Gasteiger partial charge in [0.1, 0.15) is 5.82 Å². The lowest BCUT2D eigenvalue weighted by Crippen LogP contribution is -2.36. The SMILES string of the molecule is Cc1cc(CNC(=O)C2(CN)CC2)cc(C)c1F. The average molecular weight is 250 g/mol. The summed E-state index contributed by atoms with van der Waals surface area (Å²) in [5, 5.41) is 2.89. The summed E-state index contributed by atoms with van der Waals surface area (Å²) < 4.78 is 13.5. The number of nitrogens with two attached hydrogens (primary N) is 1. The first-order chi connectivity index (χ1) is 8.48. The molecule has 2 rings (SSSR count). The van der Waals surface area contributed by atoms with Crippen molar-refractivity contribution in [2.24, 2.45) is 11.1 Å². The molecule has 1 aliphatic carbocycles. The van der Waals surface area contributed by atoms with E-state index in [1.54, 1.807) is 26.0 Å². The summed E-state index contributed by atoms with van der Waals surface area (Å²) in [5.74, 6) is -0.157. The third-order valence-corrected chi connectivity index (χ3v) is 3.68. The number of nitrogens with one attached hydrogen (secondary N) is 1. The Kier molecular flexibility index (Phi) is 3.39. The Labute approximate surface area is 107 Å². The van der Waals surface area contributed by atoms with Gasteiger partial charge < -0.3 is 11.1 Å². The van der Waals surface area contributed by atoms with E-state index in [9.17, 15) is 9.18 Å². The maximum atomic E-state index is 13.5. The highest BCUT2D eigenvalue weighted by Crippen LogP contribution is 2.44. The molecule has 3 nitrogen and oxygen atoms in total. The Morgan fingerprint density at radius 2 is 1.94 bits per heavy atom. The van der Waals surface area contributed by atoms with Gasteiger partial charge in [-0.2, -0.15) is 0 Å².